The number of nitrogens with one attached hydrogen (secondary N) is 1. The zero-order valence-electron chi connectivity index (χ0n) is 8.28. The van der Waals surface area contributed by atoms with Gasteiger partial charge in [-0.3, -0.25) is 4.39 Å². The van der Waals surface area contributed by atoms with Crippen LogP contribution in [0.4, 0.5) is 10.1 Å². The molecule has 1 fully saturated rings. The summed E-state index contributed by atoms with van der Waals surface area (Å²) in [6.45, 7) is 1.40. The quantitative estimate of drug-likeness (QED) is 0.812. The molecule has 0 atom stereocenters. The Kier molecular flexibility index (Phi) is 1.87. The van der Waals surface area contributed by atoms with Crippen LogP contribution in [0.15, 0.2) is 24.5 Å². The average molecular weight is 205 g/mol. The van der Waals surface area contributed by atoms with Gasteiger partial charge in [0.2, 0.25) is 0 Å². The number of rotatable bonds is 2. The van der Waals surface area contributed by atoms with Gasteiger partial charge in [-0.25, -0.2) is 4.98 Å². The maximum absolute atomic E-state index is 12.3. The number of aromatic nitrogens is 2. The molecule has 0 aliphatic carbocycles. The van der Waals surface area contributed by atoms with Gasteiger partial charge in [0.15, 0.2) is 0 Å². The first-order chi connectivity index (χ1) is 7.38. The Morgan fingerprint density at radius 3 is 3.13 bits per heavy atom. The second kappa shape index (κ2) is 3.22. The van der Waals surface area contributed by atoms with Crippen LogP contribution in [0.25, 0.3) is 11.0 Å². The van der Waals surface area contributed by atoms with Crippen molar-refractivity contribution in [1.82, 2.24) is 9.97 Å². The molecule has 2 heterocycles. The van der Waals surface area contributed by atoms with Crippen molar-refractivity contribution in [1.29, 1.82) is 0 Å². The van der Waals surface area contributed by atoms with Crippen molar-refractivity contribution in [2.75, 3.05) is 24.7 Å². The molecule has 2 aromatic rings. The van der Waals surface area contributed by atoms with E-state index in [-0.39, 0.29) is 12.6 Å². The molecule has 0 unspecified atom stereocenters. The third kappa shape index (κ3) is 1.28. The molecule has 3 nitrogen and oxygen atoms in total. The molecule has 0 radical (unpaired) electrons. The van der Waals surface area contributed by atoms with Crippen molar-refractivity contribution in [2.24, 2.45) is 5.92 Å². The van der Waals surface area contributed by atoms with Crippen LogP contribution in [0.2, 0.25) is 0 Å². The van der Waals surface area contributed by atoms with E-state index in [1.165, 1.54) is 0 Å². The lowest BCUT2D eigenvalue weighted by atomic mass is 10.0. The van der Waals surface area contributed by atoms with Crippen LogP contribution in [0, 0.1) is 5.92 Å². The number of aromatic amines is 1. The lowest BCUT2D eigenvalue weighted by Crippen LogP contribution is -2.47. The predicted octanol–water partition coefficient (Wildman–Crippen LogP) is 1.97. The van der Waals surface area contributed by atoms with Crippen molar-refractivity contribution in [3.63, 3.8) is 0 Å². The third-order valence-electron chi connectivity index (χ3n) is 2.94. The van der Waals surface area contributed by atoms with E-state index in [0.29, 0.717) is 0 Å². The van der Waals surface area contributed by atoms with Gasteiger partial charge >= 0.3 is 0 Å². The highest BCUT2D eigenvalue weighted by molar-refractivity contribution is 5.88. The number of fused-ring (bicyclic) bond motifs is 1. The van der Waals surface area contributed by atoms with Crippen LogP contribution >= 0.6 is 0 Å². The number of H-pyrrole nitrogens is 1. The van der Waals surface area contributed by atoms with Crippen molar-refractivity contribution < 1.29 is 4.39 Å². The molecule has 0 saturated carbocycles. The predicted molar refractivity (Wildman–Crippen MR) is 57.8 cm³/mol. The van der Waals surface area contributed by atoms with Gasteiger partial charge in [-0.2, -0.15) is 0 Å². The molecule has 1 saturated heterocycles. The largest absolute Gasteiger partial charge is 0.369 e. The van der Waals surface area contributed by atoms with Crippen LogP contribution in [-0.4, -0.2) is 29.7 Å². The molecule has 1 N–H and O–H groups in total. The van der Waals surface area contributed by atoms with E-state index in [1.807, 2.05) is 18.2 Å². The van der Waals surface area contributed by atoms with Gasteiger partial charge in [0.25, 0.3) is 0 Å². The van der Waals surface area contributed by atoms with Crippen molar-refractivity contribution in [3.8, 4) is 0 Å². The Labute approximate surface area is 86.9 Å². The summed E-state index contributed by atoms with van der Waals surface area (Å²) in [6.07, 6.45) is 1.70. The highest BCUT2D eigenvalue weighted by Crippen LogP contribution is 2.29. The van der Waals surface area contributed by atoms with Gasteiger partial charge in [-0.15, -0.1) is 0 Å². The van der Waals surface area contributed by atoms with Gasteiger partial charge in [-0.05, 0) is 12.1 Å². The lowest BCUT2D eigenvalue weighted by molar-refractivity contribution is 0.306. The molecule has 3 rings (SSSR count). The van der Waals surface area contributed by atoms with Crippen molar-refractivity contribution in [2.45, 2.75) is 0 Å². The fourth-order valence-corrected chi connectivity index (χ4v) is 2.07. The summed E-state index contributed by atoms with van der Waals surface area (Å²) in [7, 11) is 0. The van der Waals surface area contributed by atoms with E-state index < -0.39 is 0 Å². The molecule has 0 spiro atoms. The minimum atomic E-state index is -0.215. The van der Waals surface area contributed by atoms with Crippen LogP contribution in [0.3, 0.4) is 0 Å². The molecule has 15 heavy (non-hydrogen) atoms. The Hall–Kier alpha value is -1.58. The zero-order valence-corrected chi connectivity index (χ0v) is 8.28. The first kappa shape index (κ1) is 8.71. The molecule has 0 bridgehead atoms. The van der Waals surface area contributed by atoms with Gasteiger partial charge in [0.1, 0.15) is 5.52 Å². The summed E-state index contributed by atoms with van der Waals surface area (Å²) in [5, 5.41) is 0. The van der Waals surface area contributed by atoms with Crippen molar-refractivity contribution in [3.05, 3.63) is 24.5 Å². The fourth-order valence-electron chi connectivity index (χ4n) is 2.07. The Morgan fingerprint density at radius 2 is 2.33 bits per heavy atom. The molecule has 1 aromatic carbocycles. The zero-order chi connectivity index (χ0) is 10.3. The number of nitrogens with zero attached hydrogens (tertiary/aromatic N) is 2. The molecule has 1 aromatic heterocycles. The number of imidazole rings is 1. The number of para-hydroxylation sites is 1. The van der Waals surface area contributed by atoms with Crippen LogP contribution in [0.5, 0.6) is 0 Å². The summed E-state index contributed by atoms with van der Waals surface area (Å²) >= 11 is 0. The molecule has 1 aliphatic heterocycles. The van der Waals surface area contributed by atoms with Crippen molar-refractivity contribution >= 4 is 16.7 Å². The summed E-state index contributed by atoms with van der Waals surface area (Å²) < 4.78 is 12.3. The van der Waals surface area contributed by atoms with Gasteiger partial charge < -0.3 is 9.88 Å². The summed E-state index contributed by atoms with van der Waals surface area (Å²) in [5.74, 6) is 0.208. The smallest absolute Gasteiger partial charge is 0.112 e. The number of halogens is 1. The molecular weight excluding hydrogens is 193 g/mol. The van der Waals surface area contributed by atoms with Crippen LogP contribution in [0.1, 0.15) is 0 Å². The number of anilines is 1. The Morgan fingerprint density at radius 1 is 1.47 bits per heavy atom. The van der Waals surface area contributed by atoms with E-state index in [1.54, 1.807) is 6.33 Å². The van der Waals surface area contributed by atoms with E-state index in [4.69, 9.17) is 0 Å². The second-order valence-corrected chi connectivity index (χ2v) is 4.00. The summed E-state index contributed by atoms with van der Waals surface area (Å²) in [4.78, 5) is 9.53. The molecule has 1 aliphatic rings. The number of hydrogen-bond donors (Lipinski definition) is 1. The number of alkyl halides is 1. The van der Waals surface area contributed by atoms with Gasteiger partial charge in [0.05, 0.1) is 24.2 Å². The third-order valence-corrected chi connectivity index (χ3v) is 2.94. The molecule has 0 amide bonds. The van der Waals surface area contributed by atoms with E-state index >= 15 is 0 Å². The standard InChI is InChI=1S/C11H12FN3/c12-4-8-5-15(6-8)10-3-1-2-9-11(10)14-7-13-9/h1-3,7-8H,4-6H2,(H,13,14). The molecule has 78 valence electrons. The van der Waals surface area contributed by atoms with Crippen LogP contribution < -0.4 is 4.90 Å². The Bertz CT molecular complexity index is 473. The maximum atomic E-state index is 12.3. The second-order valence-electron chi connectivity index (χ2n) is 4.00. The summed E-state index contributed by atoms with van der Waals surface area (Å²) in [5.41, 5.74) is 3.13. The van der Waals surface area contributed by atoms with E-state index in [0.717, 1.165) is 29.8 Å². The fraction of sp³-hybridized carbons (Fsp3) is 0.364. The monoisotopic (exact) mass is 205 g/mol. The maximum Gasteiger partial charge on any atom is 0.112 e. The SMILES string of the molecule is FCC1CN(c2cccc3[nH]cnc23)C1. The molecular formula is C11H12FN3. The highest BCUT2D eigenvalue weighted by Gasteiger charge is 2.27. The molecule has 4 heteroatoms. The first-order valence-electron chi connectivity index (χ1n) is 5.11. The topological polar surface area (TPSA) is 31.9 Å². The summed E-state index contributed by atoms with van der Waals surface area (Å²) in [6, 6.07) is 6.04. The highest BCUT2D eigenvalue weighted by atomic mass is 19.1. The Balaban J connectivity index is 1.95. The van der Waals surface area contributed by atoms with E-state index in [2.05, 4.69) is 14.9 Å². The lowest BCUT2D eigenvalue weighted by Gasteiger charge is -2.39. The minimum absolute atomic E-state index is 0.208. The minimum Gasteiger partial charge on any atom is -0.369 e. The number of hydrogen-bond acceptors (Lipinski definition) is 2. The van der Waals surface area contributed by atoms with E-state index in [9.17, 15) is 4.39 Å². The first-order valence-corrected chi connectivity index (χ1v) is 5.11. The van der Waals surface area contributed by atoms with Gasteiger partial charge in [0, 0.05) is 19.0 Å². The average Bonchev–Trinajstić information content (AvgIpc) is 2.64. The van der Waals surface area contributed by atoms with Gasteiger partial charge in [-0.1, -0.05) is 6.07 Å². The number of benzene rings is 1. The van der Waals surface area contributed by atoms with Crippen LogP contribution in [-0.2, 0) is 0 Å². The normalized spacial score (nSPS) is 17.0.